The molecule has 0 saturated carbocycles. The van der Waals surface area contributed by atoms with Gasteiger partial charge in [0.05, 0.1) is 36.2 Å². The molecule has 1 atom stereocenters. The molecule has 1 aromatic heterocycles. The number of hydrogen-bond donors (Lipinski definition) is 1. The average molecular weight is 508 g/mol. The molecule has 2 aromatic carbocycles. The Bertz CT molecular complexity index is 1430. The van der Waals surface area contributed by atoms with Crippen molar-refractivity contribution in [3.63, 3.8) is 0 Å². The molecule has 0 spiro atoms. The van der Waals surface area contributed by atoms with Crippen molar-refractivity contribution in [3.05, 3.63) is 48.2 Å². The van der Waals surface area contributed by atoms with Crippen molar-refractivity contribution in [2.24, 2.45) is 0 Å². The van der Waals surface area contributed by atoms with Gasteiger partial charge in [-0.3, -0.25) is 9.69 Å². The fourth-order valence-corrected chi connectivity index (χ4v) is 4.88. The molecule has 2 aliphatic rings. The van der Waals surface area contributed by atoms with Gasteiger partial charge in [0.15, 0.2) is 12.3 Å². The first kappa shape index (κ1) is 22.6. The molecule has 0 fully saturated rings. The van der Waals surface area contributed by atoms with Crippen molar-refractivity contribution in [2.75, 3.05) is 12.0 Å². The molecular weight excluding hydrogens is 492 g/mol. The lowest BCUT2D eigenvalue weighted by molar-refractivity contribution is -0.679. The lowest BCUT2D eigenvalue weighted by Crippen LogP contribution is -2.47. The van der Waals surface area contributed by atoms with Gasteiger partial charge in [-0.25, -0.2) is 13.7 Å². The largest absolute Gasteiger partial charge is 0.744 e. The normalized spacial score (nSPS) is 16.9. The standard InChI is InChI=1S/C20H16N2O10S2/c1-28-20(23)6-11-10-21-14-7-12(33-32-31-24)2-4-16(14)29-18(21)9-19-22(11)15-8-13(34(25,26)27)3-5-17(15)30-19/h2-5,7-9,11H,6,10H2,1H3,(H-,24,25,26,27). The van der Waals surface area contributed by atoms with E-state index in [0.29, 0.717) is 39.2 Å². The van der Waals surface area contributed by atoms with Crippen molar-refractivity contribution in [1.82, 2.24) is 0 Å². The van der Waals surface area contributed by atoms with Gasteiger partial charge in [0.2, 0.25) is 11.5 Å². The second kappa shape index (κ2) is 8.57. The van der Waals surface area contributed by atoms with Crippen LogP contribution < -0.4 is 14.2 Å². The van der Waals surface area contributed by atoms with Crippen LogP contribution in [0.1, 0.15) is 12.3 Å². The van der Waals surface area contributed by atoms with Crippen LogP contribution in [-0.4, -0.2) is 37.3 Å². The predicted molar refractivity (Wildman–Crippen MR) is 113 cm³/mol. The Morgan fingerprint density at radius 2 is 2.15 bits per heavy atom. The van der Waals surface area contributed by atoms with Crippen LogP contribution in [0.5, 0.6) is 5.75 Å². The number of rotatable bonds is 6. The third-order valence-electron chi connectivity index (χ3n) is 5.43. The molecule has 12 nitrogen and oxygen atoms in total. The van der Waals surface area contributed by atoms with E-state index in [4.69, 9.17) is 19.1 Å². The van der Waals surface area contributed by atoms with Crippen molar-refractivity contribution >= 4 is 51.0 Å². The first-order chi connectivity index (χ1) is 16.3. The second-order valence-corrected chi connectivity index (χ2v) is 9.53. The number of carbonyl (C=O) groups excluding carboxylic acids is 1. The molecular formula is C20H16N2O10S2. The SMILES string of the molecule is COC(=O)CC1C[n+]2c(oc3ccc(SOOO)cc32)C=C2Oc3ccc(S(=O)(=O)[O-])cc3N21. The first-order valence-electron chi connectivity index (χ1n) is 9.75. The molecule has 1 unspecified atom stereocenters. The minimum Gasteiger partial charge on any atom is -0.744 e. The van der Waals surface area contributed by atoms with Gasteiger partial charge in [0.1, 0.15) is 22.2 Å². The smallest absolute Gasteiger partial charge is 0.379 e. The van der Waals surface area contributed by atoms with Crippen LogP contribution in [0.25, 0.3) is 17.2 Å². The number of nitrogens with zero attached hydrogens (tertiary/aromatic N) is 2. The second-order valence-electron chi connectivity index (χ2n) is 7.38. The Hall–Kier alpha value is -3.14. The number of anilines is 1. The van der Waals surface area contributed by atoms with E-state index < -0.39 is 27.0 Å². The lowest BCUT2D eigenvalue weighted by atomic mass is 10.1. The maximum atomic E-state index is 12.3. The van der Waals surface area contributed by atoms with Crippen LogP contribution in [0.4, 0.5) is 5.69 Å². The van der Waals surface area contributed by atoms with E-state index in [1.807, 2.05) is 4.57 Å². The molecule has 0 radical (unpaired) electrons. The highest BCUT2D eigenvalue weighted by atomic mass is 32.2. The lowest BCUT2D eigenvalue weighted by Gasteiger charge is -2.25. The highest BCUT2D eigenvalue weighted by molar-refractivity contribution is 7.94. The summed E-state index contributed by atoms with van der Waals surface area (Å²) in [6.07, 6.45) is 1.54. The van der Waals surface area contributed by atoms with Crippen LogP contribution in [0.15, 0.2) is 56.5 Å². The van der Waals surface area contributed by atoms with E-state index in [2.05, 4.69) is 9.37 Å². The van der Waals surface area contributed by atoms with Crippen molar-refractivity contribution in [2.45, 2.75) is 28.8 Å². The van der Waals surface area contributed by atoms with Crippen molar-refractivity contribution in [1.29, 1.82) is 0 Å². The van der Waals surface area contributed by atoms with Gasteiger partial charge in [-0.1, -0.05) is 5.04 Å². The third-order valence-corrected chi connectivity index (χ3v) is 6.83. The van der Waals surface area contributed by atoms with Gasteiger partial charge < -0.3 is 18.4 Å². The van der Waals surface area contributed by atoms with Crippen LogP contribution in [0, 0.1) is 0 Å². The molecule has 1 N–H and O–H groups in total. The molecule has 178 valence electrons. The molecule has 34 heavy (non-hydrogen) atoms. The summed E-state index contributed by atoms with van der Waals surface area (Å²) in [5.74, 6) is 0.541. The molecule has 2 aliphatic heterocycles. The minimum absolute atomic E-state index is 0.0694. The number of benzene rings is 2. The number of ether oxygens (including phenoxy) is 2. The Morgan fingerprint density at radius 1 is 1.32 bits per heavy atom. The summed E-state index contributed by atoms with van der Waals surface area (Å²) < 4.78 is 57.9. The van der Waals surface area contributed by atoms with Gasteiger partial charge in [-0.05, 0) is 30.3 Å². The molecule has 14 heteroatoms. The van der Waals surface area contributed by atoms with E-state index in [9.17, 15) is 17.8 Å². The maximum Gasteiger partial charge on any atom is 0.379 e. The van der Waals surface area contributed by atoms with Crippen molar-refractivity contribution < 1.29 is 50.9 Å². The average Bonchev–Trinajstić information content (AvgIpc) is 3.29. The van der Waals surface area contributed by atoms with E-state index in [1.165, 1.54) is 25.3 Å². The number of esters is 1. The van der Waals surface area contributed by atoms with E-state index in [1.54, 1.807) is 29.2 Å². The molecule has 3 aromatic rings. The van der Waals surface area contributed by atoms with Crippen LogP contribution in [0.2, 0.25) is 0 Å². The Kier molecular flexibility index (Phi) is 5.71. The number of hydrogen-bond acceptors (Lipinski definition) is 12. The van der Waals surface area contributed by atoms with Crippen LogP contribution >= 0.6 is 12.0 Å². The number of oxazole rings is 1. The van der Waals surface area contributed by atoms with Gasteiger partial charge in [-0.15, -0.1) is 4.33 Å². The predicted octanol–water partition coefficient (Wildman–Crippen LogP) is 2.20. The van der Waals surface area contributed by atoms with Gasteiger partial charge >= 0.3 is 11.9 Å². The highest BCUT2D eigenvalue weighted by Gasteiger charge is 2.41. The first-order valence-corrected chi connectivity index (χ1v) is 11.9. The number of aromatic nitrogens is 1. The number of carbonyl (C=O) groups is 1. The van der Waals surface area contributed by atoms with Crippen molar-refractivity contribution in [3.8, 4) is 5.75 Å². The molecule has 0 aliphatic carbocycles. The summed E-state index contributed by atoms with van der Waals surface area (Å²) in [5, 5.41) is 12.1. The fourth-order valence-electron chi connectivity index (χ4n) is 4.00. The third kappa shape index (κ3) is 4.00. The Morgan fingerprint density at radius 3 is 2.88 bits per heavy atom. The summed E-state index contributed by atoms with van der Waals surface area (Å²) in [4.78, 5) is 14.1. The zero-order valence-corrected chi connectivity index (χ0v) is 19.0. The quantitative estimate of drug-likeness (QED) is 0.130. The van der Waals surface area contributed by atoms with Crippen LogP contribution in [-0.2, 0) is 35.6 Å². The molecule has 0 bridgehead atoms. The minimum atomic E-state index is -4.71. The Balaban J connectivity index is 1.63. The summed E-state index contributed by atoms with van der Waals surface area (Å²) in [6.45, 7) is 0.222. The maximum absolute atomic E-state index is 12.3. The molecule has 0 saturated heterocycles. The molecule has 5 rings (SSSR count). The summed E-state index contributed by atoms with van der Waals surface area (Å²) in [6, 6.07) is 8.36. The monoisotopic (exact) mass is 508 g/mol. The summed E-state index contributed by atoms with van der Waals surface area (Å²) >= 11 is 0.783. The van der Waals surface area contributed by atoms with E-state index in [-0.39, 0.29) is 13.0 Å². The summed E-state index contributed by atoms with van der Waals surface area (Å²) in [7, 11) is -3.44. The van der Waals surface area contributed by atoms with E-state index in [0.717, 1.165) is 12.0 Å². The molecule has 3 heterocycles. The topological polar surface area (TPSA) is 152 Å². The van der Waals surface area contributed by atoms with Crippen LogP contribution in [0.3, 0.4) is 0 Å². The number of fused-ring (bicyclic) bond motifs is 6. The molecule has 0 amide bonds. The zero-order valence-electron chi connectivity index (χ0n) is 17.4. The highest BCUT2D eigenvalue weighted by Crippen LogP contribution is 2.44. The number of methoxy groups -OCH3 is 1. The summed E-state index contributed by atoms with van der Waals surface area (Å²) in [5.41, 5.74) is 1.53. The zero-order chi connectivity index (χ0) is 24.0. The van der Waals surface area contributed by atoms with Gasteiger partial charge in [0.25, 0.3) is 5.52 Å². The van der Waals surface area contributed by atoms with Gasteiger partial charge in [0, 0.05) is 11.0 Å². The Labute approximate surface area is 196 Å². The van der Waals surface area contributed by atoms with E-state index >= 15 is 0 Å². The fraction of sp³-hybridized carbons (Fsp3) is 0.200. The van der Waals surface area contributed by atoms with Gasteiger partial charge in [-0.2, -0.15) is 4.57 Å².